The number of hydrogen-bond acceptors (Lipinski definition) is 7. The van der Waals surface area contributed by atoms with Crippen molar-refractivity contribution in [3.63, 3.8) is 0 Å². The van der Waals surface area contributed by atoms with E-state index in [2.05, 4.69) is 0 Å². The first-order valence-corrected chi connectivity index (χ1v) is 12.9. The summed E-state index contributed by atoms with van der Waals surface area (Å²) in [4.78, 5) is 11.3. The van der Waals surface area contributed by atoms with Gasteiger partial charge in [-0.3, -0.25) is 5.41 Å². The average Bonchev–Trinajstić information content (AvgIpc) is 3.19. The Hall–Kier alpha value is -2.66. The van der Waals surface area contributed by atoms with Gasteiger partial charge in [-0.25, -0.2) is 13.2 Å². The van der Waals surface area contributed by atoms with E-state index >= 15 is 0 Å². The Morgan fingerprint density at radius 3 is 2.59 bits per heavy atom. The predicted molar refractivity (Wildman–Crippen MR) is 126 cm³/mol. The Kier molecular flexibility index (Phi) is 7.40. The SMILES string of the molecule is CSc1sc(C(=N)N)cc1S(=O)(=O)c1cccc(-c2ccc(COCC(=O)O)cc2C)c1. The molecule has 3 aromatic rings. The fourth-order valence-corrected chi connectivity index (χ4v) is 7.08. The zero-order chi connectivity index (χ0) is 23.5. The Morgan fingerprint density at radius 2 is 1.97 bits per heavy atom. The number of sulfone groups is 1. The first kappa shape index (κ1) is 24.0. The Morgan fingerprint density at radius 1 is 1.22 bits per heavy atom. The maximum absolute atomic E-state index is 13.4. The van der Waals surface area contributed by atoms with Gasteiger partial charge in [0, 0.05) is 0 Å². The second-order valence-corrected chi connectivity index (χ2v) is 11.0. The molecule has 0 spiro atoms. The number of aliphatic carboxylic acids is 1. The normalized spacial score (nSPS) is 11.4. The van der Waals surface area contributed by atoms with Crippen molar-refractivity contribution in [2.75, 3.05) is 12.9 Å². The lowest BCUT2D eigenvalue weighted by Gasteiger charge is -2.11. The summed E-state index contributed by atoms with van der Waals surface area (Å²) in [6.45, 7) is 1.71. The quantitative estimate of drug-likeness (QED) is 0.233. The third-order valence-electron chi connectivity index (χ3n) is 4.65. The number of thioether (sulfide) groups is 1. The molecule has 0 aliphatic carbocycles. The molecule has 0 aliphatic rings. The van der Waals surface area contributed by atoms with Gasteiger partial charge in [-0.05, 0) is 53.6 Å². The molecule has 168 valence electrons. The first-order chi connectivity index (χ1) is 15.1. The van der Waals surface area contributed by atoms with Gasteiger partial charge < -0.3 is 15.6 Å². The Bertz CT molecular complexity index is 1280. The summed E-state index contributed by atoms with van der Waals surface area (Å²) < 4.78 is 32.4. The third-order valence-corrected chi connectivity index (χ3v) is 8.98. The molecule has 1 aromatic heterocycles. The van der Waals surface area contributed by atoms with Crippen molar-refractivity contribution in [2.24, 2.45) is 5.73 Å². The van der Waals surface area contributed by atoms with Gasteiger partial charge in [0.1, 0.15) is 12.4 Å². The number of nitrogen functional groups attached to an aromatic ring is 1. The van der Waals surface area contributed by atoms with E-state index in [4.69, 9.17) is 21.0 Å². The van der Waals surface area contributed by atoms with Gasteiger partial charge in [0.25, 0.3) is 0 Å². The number of nitrogens with two attached hydrogens (primary N) is 1. The molecule has 0 bridgehead atoms. The number of rotatable bonds is 9. The smallest absolute Gasteiger partial charge is 0.329 e. The topological polar surface area (TPSA) is 131 Å². The van der Waals surface area contributed by atoms with Crippen molar-refractivity contribution < 1.29 is 23.1 Å². The van der Waals surface area contributed by atoms with Crippen molar-refractivity contribution in [2.45, 2.75) is 27.5 Å². The summed E-state index contributed by atoms with van der Waals surface area (Å²) in [6, 6.07) is 13.8. The van der Waals surface area contributed by atoms with Crippen LogP contribution in [0.4, 0.5) is 0 Å². The summed E-state index contributed by atoms with van der Waals surface area (Å²) in [5, 5.41) is 16.3. The van der Waals surface area contributed by atoms with Crippen molar-refractivity contribution in [1.82, 2.24) is 0 Å². The summed E-state index contributed by atoms with van der Waals surface area (Å²) in [5.74, 6) is -1.19. The van der Waals surface area contributed by atoms with Gasteiger partial charge in [-0.15, -0.1) is 23.1 Å². The molecule has 10 heteroatoms. The van der Waals surface area contributed by atoms with E-state index in [0.717, 1.165) is 22.3 Å². The van der Waals surface area contributed by atoms with Gasteiger partial charge in [0.05, 0.1) is 25.5 Å². The van der Waals surface area contributed by atoms with Gasteiger partial charge in [-0.2, -0.15) is 0 Å². The molecule has 0 radical (unpaired) electrons. The monoisotopic (exact) mass is 490 g/mol. The van der Waals surface area contributed by atoms with Crippen LogP contribution < -0.4 is 5.73 Å². The molecule has 0 unspecified atom stereocenters. The molecule has 0 saturated carbocycles. The van der Waals surface area contributed by atoms with Gasteiger partial charge >= 0.3 is 5.97 Å². The number of carbonyl (C=O) groups is 1. The predicted octanol–water partition coefficient (Wildman–Crippen LogP) is 4.16. The minimum absolute atomic E-state index is 0.153. The number of carboxylic acids is 1. The summed E-state index contributed by atoms with van der Waals surface area (Å²) in [5.41, 5.74) is 8.91. The van der Waals surface area contributed by atoms with Crippen LogP contribution in [0.1, 0.15) is 16.0 Å². The minimum Gasteiger partial charge on any atom is -0.480 e. The molecule has 7 nitrogen and oxygen atoms in total. The zero-order valence-electron chi connectivity index (χ0n) is 17.4. The van der Waals surface area contributed by atoms with E-state index in [1.165, 1.54) is 29.2 Å². The number of hydrogen-bond donors (Lipinski definition) is 3. The highest BCUT2D eigenvalue weighted by Crippen LogP contribution is 2.37. The van der Waals surface area contributed by atoms with E-state index in [1.54, 1.807) is 24.5 Å². The zero-order valence-corrected chi connectivity index (χ0v) is 19.9. The van der Waals surface area contributed by atoms with Gasteiger partial charge in [-0.1, -0.05) is 30.3 Å². The lowest BCUT2D eigenvalue weighted by Crippen LogP contribution is -2.08. The lowest BCUT2D eigenvalue weighted by molar-refractivity contribution is -0.142. The fourth-order valence-electron chi connectivity index (χ4n) is 3.17. The van der Waals surface area contributed by atoms with Crippen molar-refractivity contribution >= 4 is 44.7 Å². The van der Waals surface area contributed by atoms with Crippen LogP contribution in [0.2, 0.25) is 0 Å². The number of ether oxygens (including phenoxy) is 1. The molecule has 2 aromatic carbocycles. The molecule has 0 saturated heterocycles. The molecule has 3 rings (SSSR count). The van der Waals surface area contributed by atoms with Crippen LogP contribution in [0.15, 0.2) is 62.5 Å². The van der Waals surface area contributed by atoms with E-state index in [1.807, 2.05) is 31.2 Å². The standard InChI is InChI=1S/C22H22N2O5S3/c1-13-8-14(11-29-12-20(25)26)6-7-17(13)15-4-3-5-16(9-15)32(27,28)19-10-18(21(23)24)31-22(19)30-2/h3-10H,11-12H2,1-2H3,(H3,23,24)(H,25,26). The number of nitrogens with one attached hydrogen (secondary N) is 1. The summed E-state index contributed by atoms with van der Waals surface area (Å²) >= 11 is 2.49. The molecule has 4 N–H and O–H groups in total. The van der Waals surface area contributed by atoms with Crippen LogP contribution in [0.25, 0.3) is 11.1 Å². The molecular formula is C22H22N2O5S3. The lowest BCUT2D eigenvalue weighted by atomic mass is 9.99. The number of thiophene rings is 1. The summed E-state index contributed by atoms with van der Waals surface area (Å²) in [6.07, 6.45) is 1.79. The molecule has 32 heavy (non-hydrogen) atoms. The third kappa shape index (κ3) is 5.21. The second-order valence-electron chi connectivity index (χ2n) is 6.95. The molecular weight excluding hydrogens is 468 g/mol. The van der Waals surface area contributed by atoms with E-state index in [0.29, 0.717) is 9.09 Å². The highest BCUT2D eigenvalue weighted by Gasteiger charge is 2.25. The van der Waals surface area contributed by atoms with Crippen LogP contribution >= 0.6 is 23.1 Å². The largest absolute Gasteiger partial charge is 0.480 e. The second kappa shape index (κ2) is 9.86. The molecule has 0 aliphatic heterocycles. The van der Waals surface area contributed by atoms with Crippen LogP contribution in [-0.4, -0.2) is 38.2 Å². The van der Waals surface area contributed by atoms with Crippen molar-refractivity contribution in [3.05, 3.63) is 64.5 Å². The maximum Gasteiger partial charge on any atom is 0.329 e. The van der Waals surface area contributed by atoms with Gasteiger partial charge in [0.15, 0.2) is 0 Å². The molecule has 0 amide bonds. The Labute approximate surface area is 194 Å². The van der Waals surface area contributed by atoms with E-state index in [9.17, 15) is 13.2 Å². The Balaban J connectivity index is 1.95. The molecule has 0 atom stereocenters. The number of amidine groups is 1. The van der Waals surface area contributed by atoms with Crippen molar-refractivity contribution in [1.29, 1.82) is 5.41 Å². The average molecular weight is 491 g/mol. The number of carboxylic acid groups (broad SMARTS) is 1. The van der Waals surface area contributed by atoms with Crippen LogP contribution in [-0.2, 0) is 26.0 Å². The van der Waals surface area contributed by atoms with Gasteiger partial charge in [0.2, 0.25) is 9.84 Å². The highest BCUT2D eigenvalue weighted by atomic mass is 32.2. The molecule has 1 heterocycles. The van der Waals surface area contributed by atoms with Crippen LogP contribution in [0.3, 0.4) is 0 Å². The highest BCUT2D eigenvalue weighted by molar-refractivity contribution is 8.01. The minimum atomic E-state index is -3.80. The van der Waals surface area contributed by atoms with Crippen LogP contribution in [0.5, 0.6) is 0 Å². The van der Waals surface area contributed by atoms with Crippen LogP contribution in [0, 0.1) is 12.3 Å². The molecule has 0 fully saturated rings. The number of aryl methyl sites for hydroxylation is 1. The van der Waals surface area contributed by atoms with E-state index in [-0.39, 0.29) is 28.8 Å². The van der Waals surface area contributed by atoms with Crippen molar-refractivity contribution in [3.8, 4) is 11.1 Å². The summed E-state index contributed by atoms with van der Waals surface area (Å²) in [7, 11) is -3.80. The first-order valence-electron chi connectivity index (χ1n) is 9.40. The maximum atomic E-state index is 13.4. The van der Waals surface area contributed by atoms with E-state index < -0.39 is 15.8 Å². The fraction of sp³-hybridized carbons (Fsp3) is 0.182. The number of benzene rings is 2.